The molecule has 9 heteroatoms. The minimum Gasteiger partial charge on any atom is -0.437 e. The first-order valence-electron chi connectivity index (χ1n) is 5.45. The summed E-state index contributed by atoms with van der Waals surface area (Å²) in [5.41, 5.74) is 4.61. The van der Waals surface area contributed by atoms with Gasteiger partial charge in [0, 0.05) is 10.5 Å². The summed E-state index contributed by atoms with van der Waals surface area (Å²) in [7, 11) is 0. The lowest BCUT2D eigenvalue weighted by Crippen LogP contribution is -2.13. The van der Waals surface area contributed by atoms with Gasteiger partial charge in [0.1, 0.15) is 17.5 Å². The molecule has 1 amide bonds. The zero-order valence-electron chi connectivity index (χ0n) is 10.2. The molecule has 7 nitrogen and oxygen atoms in total. The molecule has 0 aliphatic carbocycles. The van der Waals surface area contributed by atoms with E-state index in [0.717, 1.165) is 12.3 Å². The van der Waals surface area contributed by atoms with Gasteiger partial charge in [-0.1, -0.05) is 27.5 Å². The lowest BCUT2D eigenvalue weighted by Gasteiger charge is -2.09. The molecule has 1 aromatic heterocycles. The van der Waals surface area contributed by atoms with Gasteiger partial charge in [0.25, 0.3) is 11.6 Å². The van der Waals surface area contributed by atoms with Crippen LogP contribution in [0.3, 0.4) is 0 Å². The topological polar surface area (TPSA) is 108 Å². The van der Waals surface area contributed by atoms with Crippen LogP contribution in [-0.4, -0.2) is 15.8 Å². The number of halogens is 2. The first-order chi connectivity index (χ1) is 9.88. The molecule has 21 heavy (non-hydrogen) atoms. The summed E-state index contributed by atoms with van der Waals surface area (Å²) in [4.78, 5) is 25.1. The smallest absolute Gasteiger partial charge is 0.288 e. The predicted molar refractivity (Wildman–Crippen MR) is 78.6 cm³/mol. The number of benzene rings is 1. The molecule has 0 bridgehead atoms. The molecule has 2 aromatic rings. The van der Waals surface area contributed by atoms with Crippen LogP contribution in [0.5, 0.6) is 11.6 Å². The van der Waals surface area contributed by atoms with Crippen molar-refractivity contribution < 1.29 is 14.5 Å². The number of ether oxygens (including phenoxy) is 1. The van der Waals surface area contributed by atoms with Gasteiger partial charge >= 0.3 is 0 Å². The summed E-state index contributed by atoms with van der Waals surface area (Å²) in [5, 5.41) is 11.0. The van der Waals surface area contributed by atoms with Crippen molar-refractivity contribution in [1.29, 1.82) is 0 Å². The van der Waals surface area contributed by atoms with Crippen LogP contribution < -0.4 is 10.5 Å². The van der Waals surface area contributed by atoms with E-state index in [9.17, 15) is 14.9 Å². The molecule has 1 heterocycles. The summed E-state index contributed by atoms with van der Waals surface area (Å²) < 4.78 is 6.12. The van der Waals surface area contributed by atoms with Crippen LogP contribution in [0.25, 0.3) is 0 Å². The first kappa shape index (κ1) is 15.2. The molecule has 0 saturated heterocycles. The third-order valence-electron chi connectivity index (χ3n) is 2.41. The Morgan fingerprint density at radius 2 is 2.14 bits per heavy atom. The van der Waals surface area contributed by atoms with E-state index >= 15 is 0 Å². The Labute approximate surface area is 132 Å². The standard InChI is InChI=1S/C12H7BrClN3O4/c13-6-1-2-9(14)10(3-6)21-12-8(11(15)18)4-7(5-16-12)17(19)20/h1-5H,(H2,15,18). The number of rotatable bonds is 4. The zero-order valence-corrected chi connectivity index (χ0v) is 12.6. The van der Waals surface area contributed by atoms with Gasteiger partial charge in [-0.05, 0) is 18.2 Å². The van der Waals surface area contributed by atoms with Crippen molar-refractivity contribution in [3.8, 4) is 11.6 Å². The maximum absolute atomic E-state index is 11.4. The Morgan fingerprint density at radius 1 is 1.43 bits per heavy atom. The van der Waals surface area contributed by atoms with Crippen LogP contribution in [0.15, 0.2) is 34.9 Å². The molecule has 0 radical (unpaired) electrons. The molecular weight excluding hydrogens is 366 g/mol. The second kappa shape index (κ2) is 6.06. The first-order valence-corrected chi connectivity index (χ1v) is 6.62. The Bertz CT molecular complexity index is 738. The normalized spacial score (nSPS) is 10.2. The lowest BCUT2D eigenvalue weighted by molar-refractivity contribution is -0.385. The number of nitrogens with zero attached hydrogens (tertiary/aromatic N) is 2. The van der Waals surface area contributed by atoms with Crippen LogP contribution in [0.1, 0.15) is 10.4 Å². The summed E-state index contributed by atoms with van der Waals surface area (Å²) in [6.45, 7) is 0. The lowest BCUT2D eigenvalue weighted by atomic mass is 10.2. The minimum absolute atomic E-state index is 0.159. The van der Waals surface area contributed by atoms with Gasteiger partial charge in [0.2, 0.25) is 5.88 Å². The number of hydrogen-bond acceptors (Lipinski definition) is 5. The minimum atomic E-state index is -0.896. The average Bonchev–Trinajstić information content (AvgIpc) is 2.42. The second-order valence-electron chi connectivity index (χ2n) is 3.84. The summed E-state index contributed by atoms with van der Waals surface area (Å²) >= 11 is 9.21. The highest BCUT2D eigenvalue weighted by Crippen LogP contribution is 2.33. The molecule has 0 saturated carbocycles. The quantitative estimate of drug-likeness (QED) is 0.654. The summed E-state index contributed by atoms with van der Waals surface area (Å²) in [5.74, 6) is -0.824. The second-order valence-corrected chi connectivity index (χ2v) is 5.17. The molecule has 0 unspecified atom stereocenters. The van der Waals surface area contributed by atoms with Crippen LogP contribution in [-0.2, 0) is 0 Å². The fourth-order valence-corrected chi connectivity index (χ4v) is 1.95. The van der Waals surface area contributed by atoms with Gasteiger partial charge in [-0.25, -0.2) is 4.98 Å². The number of nitrogens with two attached hydrogens (primary N) is 1. The molecule has 0 atom stereocenters. The third kappa shape index (κ3) is 3.47. The van der Waals surface area contributed by atoms with Gasteiger partial charge in [-0.2, -0.15) is 0 Å². The fraction of sp³-hybridized carbons (Fsp3) is 0. The number of primary amides is 1. The van der Waals surface area contributed by atoms with Crippen LogP contribution in [0, 0.1) is 10.1 Å². The largest absolute Gasteiger partial charge is 0.437 e. The molecule has 0 spiro atoms. The van der Waals surface area contributed by atoms with E-state index in [0.29, 0.717) is 4.47 Å². The third-order valence-corrected chi connectivity index (χ3v) is 3.22. The highest BCUT2D eigenvalue weighted by Gasteiger charge is 2.18. The van der Waals surface area contributed by atoms with Gasteiger partial charge in [-0.3, -0.25) is 14.9 Å². The van der Waals surface area contributed by atoms with Gasteiger partial charge in [0.05, 0.1) is 9.95 Å². The monoisotopic (exact) mass is 371 g/mol. The van der Waals surface area contributed by atoms with Gasteiger partial charge < -0.3 is 10.5 Å². The number of nitro groups is 1. The van der Waals surface area contributed by atoms with Gasteiger partial charge in [0.15, 0.2) is 0 Å². The molecule has 2 rings (SSSR count). The summed E-state index contributed by atoms with van der Waals surface area (Å²) in [6, 6.07) is 5.84. The molecule has 1 aromatic carbocycles. The number of amides is 1. The van der Waals surface area contributed by atoms with Crippen molar-refractivity contribution in [3.05, 3.63) is 55.6 Å². The Balaban J connectivity index is 2.46. The Morgan fingerprint density at radius 3 is 2.76 bits per heavy atom. The van der Waals surface area contributed by atoms with E-state index in [4.69, 9.17) is 22.1 Å². The maximum atomic E-state index is 11.4. The van der Waals surface area contributed by atoms with E-state index in [1.807, 2.05) is 0 Å². The molecule has 0 aliphatic heterocycles. The van der Waals surface area contributed by atoms with E-state index in [1.165, 1.54) is 0 Å². The van der Waals surface area contributed by atoms with Crippen LogP contribution in [0.2, 0.25) is 5.02 Å². The Kier molecular flexibility index (Phi) is 4.39. The van der Waals surface area contributed by atoms with Crippen LogP contribution in [0.4, 0.5) is 5.69 Å². The fourth-order valence-electron chi connectivity index (χ4n) is 1.46. The van der Waals surface area contributed by atoms with Crippen molar-refractivity contribution in [3.63, 3.8) is 0 Å². The van der Waals surface area contributed by atoms with Crippen molar-refractivity contribution in [2.24, 2.45) is 5.73 Å². The SMILES string of the molecule is NC(=O)c1cc([N+](=O)[O-])cnc1Oc1cc(Br)ccc1Cl. The maximum Gasteiger partial charge on any atom is 0.288 e. The number of carbonyl (C=O) groups excluding carboxylic acids is 1. The molecule has 0 fully saturated rings. The van der Waals surface area contributed by atoms with Crippen molar-refractivity contribution in [2.45, 2.75) is 0 Å². The van der Waals surface area contributed by atoms with E-state index in [-0.39, 0.29) is 27.9 Å². The highest BCUT2D eigenvalue weighted by atomic mass is 79.9. The number of pyridine rings is 1. The molecule has 2 N–H and O–H groups in total. The van der Waals surface area contributed by atoms with E-state index < -0.39 is 10.8 Å². The number of aromatic nitrogens is 1. The number of hydrogen-bond donors (Lipinski definition) is 1. The van der Waals surface area contributed by atoms with E-state index in [2.05, 4.69) is 20.9 Å². The zero-order chi connectivity index (χ0) is 15.6. The van der Waals surface area contributed by atoms with Crippen molar-refractivity contribution >= 4 is 39.1 Å². The molecular formula is C12H7BrClN3O4. The van der Waals surface area contributed by atoms with E-state index in [1.54, 1.807) is 18.2 Å². The molecule has 0 aliphatic rings. The number of carbonyl (C=O) groups is 1. The van der Waals surface area contributed by atoms with Gasteiger partial charge in [-0.15, -0.1) is 0 Å². The molecule has 108 valence electrons. The summed E-state index contributed by atoms with van der Waals surface area (Å²) in [6.07, 6.45) is 0.966. The van der Waals surface area contributed by atoms with Crippen LogP contribution >= 0.6 is 27.5 Å². The van der Waals surface area contributed by atoms with Crippen molar-refractivity contribution in [1.82, 2.24) is 4.98 Å². The van der Waals surface area contributed by atoms with Crippen molar-refractivity contribution in [2.75, 3.05) is 0 Å². The average molecular weight is 373 g/mol. The predicted octanol–water partition coefficient (Wildman–Crippen LogP) is 3.30. The Hall–Kier alpha value is -2.19. The highest BCUT2D eigenvalue weighted by molar-refractivity contribution is 9.10.